The van der Waals surface area contributed by atoms with E-state index in [9.17, 15) is 4.79 Å². The second kappa shape index (κ2) is 8.77. The van der Waals surface area contributed by atoms with E-state index in [4.69, 9.17) is 4.74 Å². The van der Waals surface area contributed by atoms with Crippen molar-refractivity contribution in [3.05, 3.63) is 65.6 Å². The number of aryl methyl sites for hydroxylation is 1. The largest absolute Gasteiger partial charge is 0.379 e. The maximum absolute atomic E-state index is 12.6. The molecule has 1 amide bonds. The number of amides is 1. The minimum absolute atomic E-state index is 0.0826. The second-order valence-corrected chi connectivity index (χ2v) is 7.86. The van der Waals surface area contributed by atoms with Gasteiger partial charge in [0.2, 0.25) is 5.91 Å². The number of hydrogen-bond acceptors (Lipinski definition) is 6. The topological polar surface area (TPSA) is 84.3 Å². The average molecular weight is 421 g/mol. The highest BCUT2D eigenvalue weighted by Gasteiger charge is 2.36. The van der Waals surface area contributed by atoms with E-state index in [-0.39, 0.29) is 12.0 Å². The van der Waals surface area contributed by atoms with Gasteiger partial charge in [0, 0.05) is 38.5 Å². The van der Waals surface area contributed by atoms with Gasteiger partial charge in [0.05, 0.1) is 35.9 Å². The van der Waals surface area contributed by atoms with Crippen LogP contribution >= 0.6 is 0 Å². The molecule has 0 spiro atoms. The number of carbonyl (C=O) groups is 1. The van der Waals surface area contributed by atoms with E-state index in [2.05, 4.69) is 32.8 Å². The Morgan fingerprint density at radius 1 is 1.26 bits per heavy atom. The Kier molecular flexibility index (Phi) is 5.90. The van der Waals surface area contributed by atoms with Gasteiger partial charge >= 0.3 is 0 Å². The maximum Gasteiger partial charge on any atom is 0.249 e. The molecule has 2 atom stereocenters. The first kappa shape index (κ1) is 20.9. The van der Waals surface area contributed by atoms with Crippen LogP contribution in [0, 0.1) is 6.92 Å². The number of nitrogens with one attached hydrogen (secondary N) is 2. The van der Waals surface area contributed by atoms with Crippen molar-refractivity contribution < 1.29 is 9.53 Å². The minimum atomic E-state index is -0.400. The normalized spacial score (nSPS) is 16.6. The van der Waals surface area contributed by atoms with Crippen molar-refractivity contribution in [2.75, 3.05) is 29.7 Å². The summed E-state index contributed by atoms with van der Waals surface area (Å²) in [5.74, 6) is 0.666. The molecule has 8 nitrogen and oxygen atoms in total. The molecular weight excluding hydrogens is 392 g/mol. The molecule has 3 heterocycles. The standard InChI is InChI=1S/C23H28N6O2/c1-15-21-19(28(3)22(16(2)31-4)23(30)27-21)10-20(26-15)24-11-18-12-25-29(14-18)13-17-8-6-5-7-9-17/h5-10,12,14,16,22H,11,13H2,1-4H3,(H,24,26)(H,27,30)/t16-,22+/m1/s1. The SMILES string of the molecule is CO[C@H](C)[C@H]1C(=O)Nc2c(cc(NCc3cnn(Cc4ccccc4)c3)nc2C)N1C. The van der Waals surface area contributed by atoms with Gasteiger partial charge < -0.3 is 20.3 Å². The summed E-state index contributed by atoms with van der Waals surface area (Å²) in [4.78, 5) is 19.1. The van der Waals surface area contributed by atoms with Crippen LogP contribution in [0.1, 0.15) is 23.7 Å². The first-order valence-electron chi connectivity index (χ1n) is 10.3. The van der Waals surface area contributed by atoms with Crippen LogP contribution in [-0.4, -0.2) is 47.0 Å². The zero-order valence-corrected chi connectivity index (χ0v) is 18.3. The average Bonchev–Trinajstić information content (AvgIpc) is 3.21. The molecule has 0 saturated heterocycles. The first-order chi connectivity index (χ1) is 15.0. The number of rotatable bonds is 7. The predicted molar refractivity (Wildman–Crippen MR) is 121 cm³/mol. The number of methoxy groups -OCH3 is 1. The molecule has 3 aromatic rings. The molecular formula is C23H28N6O2. The van der Waals surface area contributed by atoms with Gasteiger partial charge in [0.25, 0.3) is 0 Å². The molecule has 0 saturated carbocycles. The van der Waals surface area contributed by atoms with Gasteiger partial charge in [-0.15, -0.1) is 0 Å². The van der Waals surface area contributed by atoms with Gasteiger partial charge in [-0.2, -0.15) is 5.10 Å². The van der Waals surface area contributed by atoms with Crippen LogP contribution in [0.3, 0.4) is 0 Å². The van der Waals surface area contributed by atoms with Crippen LogP contribution in [-0.2, 0) is 22.6 Å². The van der Waals surface area contributed by atoms with Crippen molar-refractivity contribution in [2.24, 2.45) is 0 Å². The lowest BCUT2D eigenvalue weighted by atomic mass is 10.0. The van der Waals surface area contributed by atoms with E-state index in [1.165, 1.54) is 5.56 Å². The fraction of sp³-hybridized carbons (Fsp3) is 0.348. The summed E-state index contributed by atoms with van der Waals surface area (Å²) in [6, 6.07) is 11.8. The van der Waals surface area contributed by atoms with Gasteiger partial charge in [-0.3, -0.25) is 9.48 Å². The summed E-state index contributed by atoms with van der Waals surface area (Å²) in [6.07, 6.45) is 3.66. The van der Waals surface area contributed by atoms with E-state index in [0.29, 0.717) is 6.54 Å². The molecule has 4 rings (SSSR count). The van der Waals surface area contributed by atoms with Gasteiger partial charge in [-0.05, 0) is 19.4 Å². The van der Waals surface area contributed by atoms with Crippen LogP contribution in [0.5, 0.6) is 0 Å². The highest BCUT2D eigenvalue weighted by molar-refractivity contribution is 6.04. The summed E-state index contributed by atoms with van der Waals surface area (Å²) in [5.41, 5.74) is 4.71. The van der Waals surface area contributed by atoms with Gasteiger partial charge in [0.15, 0.2) is 0 Å². The molecule has 31 heavy (non-hydrogen) atoms. The van der Waals surface area contributed by atoms with Crippen molar-refractivity contribution in [2.45, 2.75) is 39.1 Å². The van der Waals surface area contributed by atoms with Crippen LogP contribution in [0.2, 0.25) is 0 Å². The number of nitrogens with zero attached hydrogens (tertiary/aromatic N) is 4. The Hall–Kier alpha value is -3.39. The number of fused-ring (bicyclic) bond motifs is 1. The highest BCUT2D eigenvalue weighted by Crippen LogP contribution is 2.36. The molecule has 1 aliphatic heterocycles. The van der Waals surface area contributed by atoms with Crippen molar-refractivity contribution in [1.82, 2.24) is 14.8 Å². The number of carbonyl (C=O) groups excluding carboxylic acids is 1. The van der Waals surface area contributed by atoms with E-state index in [0.717, 1.165) is 35.0 Å². The first-order valence-corrected chi connectivity index (χ1v) is 10.3. The number of aromatic nitrogens is 3. The molecule has 0 radical (unpaired) electrons. The van der Waals surface area contributed by atoms with Crippen LogP contribution < -0.4 is 15.5 Å². The zero-order chi connectivity index (χ0) is 22.0. The molecule has 0 bridgehead atoms. The molecule has 0 aliphatic carbocycles. The second-order valence-electron chi connectivity index (χ2n) is 7.86. The fourth-order valence-electron chi connectivity index (χ4n) is 3.91. The number of hydrogen-bond donors (Lipinski definition) is 2. The molecule has 8 heteroatoms. The lowest BCUT2D eigenvalue weighted by molar-refractivity contribution is -0.120. The number of likely N-dealkylation sites (N-methyl/N-ethyl adjacent to an activating group) is 1. The van der Waals surface area contributed by atoms with Crippen LogP contribution in [0.15, 0.2) is 48.8 Å². The van der Waals surface area contributed by atoms with Gasteiger partial charge in [-0.25, -0.2) is 4.98 Å². The lowest BCUT2D eigenvalue weighted by Gasteiger charge is -2.38. The van der Waals surface area contributed by atoms with Crippen LogP contribution in [0.25, 0.3) is 0 Å². The van der Waals surface area contributed by atoms with E-state index in [1.54, 1.807) is 7.11 Å². The molecule has 1 aromatic carbocycles. The third-order valence-corrected chi connectivity index (χ3v) is 5.66. The number of benzene rings is 1. The minimum Gasteiger partial charge on any atom is -0.379 e. The van der Waals surface area contributed by atoms with E-state index < -0.39 is 6.04 Å². The molecule has 162 valence electrons. The summed E-state index contributed by atoms with van der Waals surface area (Å²) in [6.45, 7) is 5.14. The van der Waals surface area contributed by atoms with E-state index in [1.807, 2.05) is 67.1 Å². The van der Waals surface area contributed by atoms with Crippen molar-refractivity contribution in [1.29, 1.82) is 0 Å². The zero-order valence-electron chi connectivity index (χ0n) is 18.3. The summed E-state index contributed by atoms with van der Waals surface area (Å²) >= 11 is 0. The van der Waals surface area contributed by atoms with E-state index >= 15 is 0 Å². The van der Waals surface area contributed by atoms with Crippen molar-refractivity contribution in [3.8, 4) is 0 Å². The van der Waals surface area contributed by atoms with Gasteiger partial charge in [-0.1, -0.05) is 30.3 Å². The smallest absolute Gasteiger partial charge is 0.249 e. The predicted octanol–water partition coefficient (Wildman–Crippen LogP) is 3.04. The molecule has 2 aromatic heterocycles. The van der Waals surface area contributed by atoms with Gasteiger partial charge in [0.1, 0.15) is 11.9 Å². The number of ether oxygens (including phenoxy) is 1. The monoisotopic (exact) mass is 420 g/mol. The Balaban J connectivity index is 1.48. The third kappa shape index (κ3) is 4.39. The number of pyridine rings is 1. The molecule has 2 N–H and O–H groups in total. The summed E-state index contributed by atoms with van der Waals surface area (Å²) in [5, 5.41) is 10.8. The van der Waals surface area contributed by atoms with Crippen LogP contribution in [0.4, 0.5) is 17.2 Å². The Labute approximate surface area is 182 Å². The third-order valence-electron chi connectivity index (χ3n) is 5.66. The molecule has 0 unspecified atom stereocenters. The maximum atomic E-state index is 12.6. The highest BCUT2D eigenvalue weighted by atomic mass is 16.5. The number of anilines is 3. The Morgan fingerprint density at radius 3 is 2.77 bits per heavy atom. The Morgan fingerprint density at radius 2 is 2.03 bits per heavy atom. The summed E-state index contributed by atoms with van der Waals surface area (Å²) in [7, 11) is 3.53. The quantitative estimate of drug-likeness (QED) is 0.611. The fourth-order valence-corrected chi connectivity index (χ4v) is 3.91. The molecule has 0 fully saturated rings. The summed E-state index contributed by atoms with van der Waals surface area (Å²) < 4.78 is 7.34. The molecule has 1 aliphatic rings. The van der Waals surface area contributed by atoms with Crippen molar-refractivity contribution in [3.63, 3.8) is 0 Å². The van der Waals surface area contributed by atoms with Crippen molar-refractivity contribution >= 4 is 23.1 Å². The lowest BCUT2D eigenvalue weighted by Crippen LogP contribution is -2.52. The Bertz CT molecular complexity index is 1070.